The average molecular weight is 179 g/mol. The number of hydrogen-bond acceptors (Lipinski definition) is 2. The Morgan fingerprint density at radius 2 is 2.23 bits per heavy atom. The molecular formula is C10H17N3. The highest BCUT2D eigenvalue weighted by Gasteiger charge is 2.24. The van der Waals surface area contributed by atoms with Gasteiger partial charge >= 0.3 is 0 Å². The molecule has 1 heterocycles. The lowest BCUT2D eigenvalue weighted by molar-refractivity contribution is 0.428. The van der Waals surface area contributed by atoms with Crippen molar-refractivity contribution in [2.24, 2.45) is 18.7 Å². The first-order valence-electron chi connectivity index (χ1n) is 5.01. The van der Waals surface area contributed by atoms with Gasteiger partial charge in [-0.2, -0.15) is 0 Å². The van der Waals surface area contributed by atoms with E-state index in [2.05, 4.69) is 4.98 Å². The van der Waals surface area contributed by atoms with Gasteiger partial charge in [-0.1, -0.05) is 12.8 Å². The van der Waals surface area contributed by atoms with Crippen LogP contribution in [0.1, 0.15) is 37.4 Å². The molecule has 0 radical (unpaired) electrons. The zero-order chi connectivity index (χ0) is 9.26. The number of aryl methyl sites for hydroxylation is 1. The summed E-state index contributed by atoms with van der Waals surface area (Å²) in [5.74, 6) is 0.676. The maximum absolute atomic E-state index is 6.18. The van der Waals surface area contributed by atoms with E-state index in [1.165, 1.54) is 31.4 Å². The van der Waals surface area contributed by atoms with Crippen LogP contribution in [0.3, 0.4) is 0 Å². The first-order chi connectivity index (χ1) is 6.29. The molecule has 0 aromatic carbocycles. The Bertz CT molecular complexity index is 273. The summed E-state index contributed by atoms with van der Waals surface area (Å²) in [5, 5.41) is 0. The third kappa shape index (κ3) is 1.61. The molecule has 1 unspecified atom stereocenters. The van der Waals surface area contributed by atoms with Gasteiger partial charge in [0.05, 0.1) is 12.0 Å². The first kappa shape index (κ1) is 8.75. The zero-order valence-corrected chi connectivity index (χ0v) is 8.11. The molecule has 2 N–H and O–H groups in total. The quantitative estimate of drug-likeness (QED) is 0.749. The van der Waals surface area contributed by atoms with E-state index in [0.29, 0.717) is 5.92 Å². The molecule has 1 fully saturated rings. The van der Waals surface area contributed by atoms with Crippen LogP contribution >= 0.6 is 0 Å². The Balaban J connectivity index is 2.12. The van der Waals surface area contributed by atoms with E-state index in [0.717, 1.165) is 0 Å². The Morgan fingerprint density at radius 3 is 2.77 bits per heavy atom. The van der Waals surface area contributed by atoms with Crippen molar-refractivity contribution in [3.8, 4) is 0 Å². The molecule has 1 atom stereocenters. The molecule has 1 saturated carbocycles. The molecular weight excluding hydrogens is 162 g/mol. The highest BCUT2D eigenvalue weighted by Crippen LogP contribution is 2.33. The van der Waals surface area contributed by atoms with Gasteiger partial charge in [0.2, 0.25) is 0 Å². The van der Waals surface area contributed by atoms with E-state index in [1.54, 1.807) is 0 Å². The summed E-state index contributed by atoms with van der Waals surface area (Å²) in [6.07, 6.45) is 8.97. The molecule has 13 heavy (non-hydrogen) atoms. The second kappa shape index (κ2) is 3.50. The molecule has 3 heteroatoms. The summed E-state index contributed by atoms with van der Waals surface area (Å²) in [6, 6.07) is 0.190. The molecule has 0 bridgehead atoms. The summed E-state index contributed by atoms with van der Waals surface area (Å²) in [6.45, 7) is 0. The molecule has 1 aliphatic rings. The molecule has 1 aromatic rings. The van der Waals surface area contributed by atoms with Gasteiger partial charge in [-0.25, -0.2) is 4.98 Å². The highest BCUT2D eigenvalue weighted by atomic mass is 15.0. The number of nitrogens with two attached hydrogens (primary N) is 1. The van der Waals surface area contributed by atoms with Crippen LogP contribution in [0.25, 0.3) is 0 Å². The van der Waals surface area contributed by atoms with Crippen molar-refractivity contribution < 1.29 is 0 Å². The van der Waals surface area contributed by atoms with Crippen LogP contribution in [0.15, 0.2) is 12.5 Å². The predicted molar refractivity (Wildman–Crippen MR) is 52.1 cm³/mol. The highest BCUT2D eigenvalue weighted by molar-refractivity contribution is 5.06. The maximum atomic E-state index is 6.18. The van der Waals surface area contributed by atoms with Gasteiger partial charge in [0, 0.05) is 19.3 Å². The van der Waals surface area contributed by atoms with E-state index in [1.807, 2.05) is 24.1 Å². The van der Waals surface area contributed by atoms with Crippen LogP contribution in [0, 0.1) is 5.92 Å². The summed E-state index contributed by atoms with van der Waals surface area (Å²) in [7, 11) is 2.01. The second-order valence-electron chi connectivity index (χ2n) is 4.00. The molecule has 3 nitrogen and oxygen atoms in total. The zero-order valence-electron chi connectivity index (χ0n) is 8.11. The average Bonchev–Trinajstić information content (AvgIpc) is 2.72. The Kier molecular flexibility index (Phi) is 2.36. The summed E-state index contributed by atoms with van der Waals surface area (Å²) < 4.78 is 2.03. The summed E-state index contributed by atoms with van der Waals surface area (Å²) in [5.41, 5.74) is 7.36. The number of imidazole rings is 1. The number of aromatic nitrogens is 2. The third-order valence-electron chi connectivity index (χ3n) is 3.10. The van der Waals surface area contributed by atoms with E-state index >= 15 is 0 Å². The molecule has 0 spiro atoms. The largest absolute Gasteiger partial charge is 0.336 e. The Hall–Kier alpha value is -0.830. The first-order valence-corrected chi connectivity index (χ1v) is 5.01. The molecule has 0 saturated heterocycles. The standard InChI is InChI=1S/C10H17N3/c1-13-7-12-6-9(13)10(11)8-4-2-3-5-8/h6-8,10H,2-5,11H2,1H3. The van der Waals surface area contributed by atoms with Crippen molar-refractivity contribution in [3.05, 3.63) is 18.2 Å². The molecule has 0 amide bonds. The molecule has 0 aliphatic heterocycles. The smallest absolute Gasteiger partial charge is 0.0946 e. The van der Waals surface area contributed by atoms with Crippen LogP contribution in [0.5, 0.6) is 0 Å². The van der Waals surface area contributed by atoms with Crippen LogP contribution in [-0.2, 0) is 7.05 Å². The number of nitrogens with zero attached hydrogens (tertiary/aromatic N) is 2. The monoisotopic (exact) mass is 179 g/mol. The Morgan fingerprint density at radius 1 is 1.54 bits per heavy atom. The lowest BCUT2D eigenvalue weighted by atomic mass is 9.97. The van der Waals surface area contributed by atoms with Gasteiger partial charge in [-0.15, -0.1) is 0 Å². The van der Waals surface area contributed by atoms with Gasteiger partial charge in [0.15, 0.2) is 0 Å². The van der Waals surface area contributed by atoms with Crippen molar-refractivity contribution in [1.82, 2.24) is 9.55 Å². The van der Waals surface area contributed by atoms with Crippen molar-refractivity contribution in [3.63, 3.8) is 0 Å². The summed E-state index contributed by atoms with van der Waals surface area (Å²) >= 11 is 0. The van der Waals surface area contributed by atoms with Crippen LogP contribution < -0.4 is 5.73 Å². The van der Waals surface area contributed by atoms with Crippen molar-refractivity contribution in [1.29, 1.82) is 0 Å². The minimum absolute atomic E-state index is 0.190. The fourth-order valence-electron chi connectivity index (χ4n) is 2.25. The van der Waals surface area contributed by atoms with E-state index in [-0.39, 0.29) is 6.04 Å². The fourth-order valence-corrected chi connectivity index (χ4v) is 2.25. The minimum Gasteiger partial charge on any atom is -0.336 e. The van der Waals surface area contributed by atoms with Crippen molar-refractivity contribution >= 4 is 0 Å². The topological polar surface area (TPSA) is 43.8 Å². The minimum atomic E-state index is 0.190. The normalized spacial score (nSPS) is 20.8. The molecule has 2 rings (SSSR count). The van der Waals surface area contributed by atoms with Crippen LogP contribution in [-0.4, -0.2) is 9.55 Å². The van der Waals surface area contributed by atoms with E-state index in [9.17, 15) is 0 Å². The SMILES string of the molecule is Cn1cncc1C(N)C1CCCC1. The third-order valence-corrected chi connectivity index (χ3v) is 3.10. The van der Waals surface area contributed by atoms with Crippen LogP contribution in [0.2, 0.25) is 0 Å². The molecule has 1 aromatic heterocycles. The fraction of sp³-hybridized carbons (Fsp3) is 0.700. The van der Waals surface area contributed by atoms with Gasteiger partial charge in [0.1, 0.15) is 0 Å². The molecule has 1 aliphatic carbocycles. The van der Waals surface area contributed by atoms with Crippen molar-refractivity contribution in [2.75, 3.05) is 0 Å². The van der Waals surface area contributed by atoms with Gasteiger partial charge in [-0.05, 0) is 18.8 Å². The van der Waals surface area contributed by atoms with Crippen molar-refractivity contribution in [2.45, 2.75) is 31.7 Å². The lowest BCUT2D eigenvalue weighted by Gasteiger charge is -2.18. The van der Waals surface area contributed by atoms with Gasteiger partial charge in [0.25, 0.3) is 0 Å². The lowest BCUT2D eigenvalue weighted by Crippen LogP contribution is -2.21. The van der Waals surface area contributed by atoms with Gasteiger partial charge < -0.3 is 10.3 Å². The Labute approximate surface area is 79.0 Å². The van der Waals surface area contributed by atoms with E-state index in [4.69, 9.17) is 5.73 Å². The van der Waals surface area contributed by atoms with Gasteiger partial charge in [-0.3, -0.25) is 0 Å². The predicted octanol–water partition coefficient (Wildman–Crippen LogP) is 1.61. The maximum Gasteiger partial charge on any atom is 0.0946 e. The summed E-state index contributed by atoms with van der Waals surface area (Å²) in [4.78, 5) is 4.10. The number of rotatable bonds is 2. The second-order valence-corrected chi connectivity index (χ2v) is 4.00. The number of hydrogen-bond donors (Lipinski definition) is 1. The van der Waals surface area contributed by atoms with Crippen LogP contribution in [0.4, 0.5) is 0 Å². The molecule has 72 valence electrons. The van der Waals surface area contributed by atoms with E-state index < -0.39 is 0 Å².